The van der Waals surface area contributed by atoms with E-state index in [1.165, 1.54) is 11.9 Å². The minimum Gasteiger partial charge on any atom is -0.321 e. The van der Waals surface area contributed by atoms with Gasteiger partial charge in [-0.05, 0) is 12.8 Å². The molecule has 3 amide bonds. The Labute approximate surface area is 71.1 Å². The molecule has 1 aliphatic carbocycles. The van der Waals surface area contributed by atoms with Crippen molar-refractivity contribution in [2.24, 2.45) is 0 Å². The summed E-state index contributed by atoms with van der Waals surface area (Å²) in [5, 5.41) is 0. The van der Waals surface area contributed by atoms with Crippen LogP contribution in [0.4, 0.5) is 4.79 Å². The van der Waals surface area contributed by atoms with Gasteiger partial charge in [-0.3, -0.25) is 9.69 Å². The van der Waals surface area contributed by atoms with Crippen LogP contribution in [0, 0.1) is 0 Å². The number of carbonyl (C=O) groups is 2. The first-order chi connectivity index (χ1) is 5.57. The molecule has 12 heavy (non-hydrogen) atoms. The van der Waals surface area contributed by atoms with Gasteiger partial charge in [-0.15, -0.1) is 0 Å². The molecule has 2 rings (SSSR count). The Morgan fingerprint density at radius 2 is 1.83 bits per heavy atom. The van der Waals surface area contributed by atoms with Gasteiger partial charge in [0.25, 0.3) is 0 Å². The third-order valence-electron chi connectivity index (χ3n) is 2.97. The minimum atomic E-state index is -0.163. The van der Waals surface area contributed by atoms with Gasteiger partial charge in [0.1, 0.15) is 0 Å². The molecule has 0 aromatic rings. The predicted octanol–water partition coefficient (Wildman–Crippen LogP) is 0.433. The number of carbonyl (C=O) groups excluding carboxylic acids is 2. The molecule has 1 heterocycles. The standard InChI is InChI=1S/C8H12N2O2/c1-9-6(11)5-8(3-4-8)10(2)7(9)12/h3-5H2,1-2H3. The molecule has 1 saturated carbocycles. The van der Waals surface area contributed by atoms with Gasteiger partial charge in [-0.2, -0.15) is 0 Å². The average molecular weight is 168 g/mol. The van der Waals surface area contributed by atoms with E-state index >= 15 is 0 Å². The van der Waals surface area contributed by atoms with E-state index in [4.69, 9.17) is 0 Å². The van der Waals surface area contributed by atoms with E-state index in [1.54, 1.807) is 11.9 Å². The van der Waals surface area contributed by atoms with Crippen LogP contribution in [-0.2, 0) is 4.79 Å². The minimum absolute atomic E-state index is 0.0457. The second-order valence-corrected chi connectivity index (χ2v) is 3.70. The molecule has 4 nitrogen and oxygen atoms in total. The number of rotatable bonds is 0. The van der Waals surface area contributed by atoms with Gasteiger partial charge < -0.3 is 4.90 Å². The molecule has 2 aliphatic rings. The highest BCUT2D eigenvalue weighted by Crippen LogP contribution is 2.46. The molecule has 0 unspecified atom stereocenters. The van der Waals surface area contributed by atoms with Crippen molar-refractivity contribution in [3.8, 4) is 0 Å². The second-order valence-electron chi connectivity index (χ2n) is 3.70. The first kappa shape index (κ1) is 7.58. The highest BCUT2D eigenvalue weighted by molar-refractivity contribution is 5.98. The first-order valence-corrected chi connectivity index (χ1v) is 4.11. The lowest BCUT2D eigenvalue weighted by Gasteiger charge is -2.36. The fourth-order valence-corrected chi connectivity index (χ4v) is 1.71. The molecule has 0 atom stereocenters. The number of urea groups is 1. The van der Waals surface area contributed by atoms with Gasteiger partial charge in [-0.1, -0.05) is 0 Å². The van der Waals surface area contributed by atoms with E-state index in [9.17, 15) is 9.59 Å². The van der Waals surface area contributed by atoms with Crippen LogP contribution in [0.3, 0.4) is 0 Å². The Hall–Kier alpha value is -1.06. The topological polar surface area (TPSA) is 40.6 Å². The largest absolute Gasteiger partial charge is 0.326 e. The van der Waals surface area contributed by atoms with Gasteiger partial charge in [-0.25, -0.2) is 4.79 Å². The molecule has 0 N–H and O–H groups in total. The van der Waals surface area contributed by atoms with Gasteiger partial charge in [0.15, 0.2) is 0 Å². The van der Waals surface area contributed by atoms with Crippen molar-refractivity contribution in [1.29, 1.82) is 0 Å². The molecule has 66 valence electrons. The Morgan fingerprint density at radius 3 is 2.33 bits per heavy atom. The van der Waals surface area contributed by atoms with E-state index in [0.717, 1.165) is 12.8 Å². The first-order valence-electron chi connectivity index (χ1n) is 4.11. The maximum atomic E-state index is 11.4. The monoisotopic (exact) mass is 168 g/mol. The fraction of sp³-hybridized carbons (Fsp3) is 0.750. The predicted molar refractivity (Wildman–Crippen MR) is 42.5 cm³/mol. The molecule has 1 aliphatic heterocycles. The van der Waals surface area contributed by atoms with Gasteiger partial charge >= 0.3 is 6.03 Å². The third kappa shape index (κ3) is 0.777. The number of hydrogen-bond donors (Lipinski definition) is 0. The number of imide groups is 1. The summed E-state index contributed by atoms with van der Waals surface area (Å²) < 4.78 is 0. The summed E-state index contributed by atoms with van der Waals surface area (Å²) in [7, 11) is 3.31. The van der Waals surface area contributed by atoms with Crippen LogP contribution in [0.15, 0.2) is 0 Å². The summed E-state index contributed by atoms with van der Waals surface area (Å²) in [6.07, 6.45) is 2.47. The van der Waals surface area contributed by atoms with Crippen LogP contribution in [0.2, 0.25) is 0 Å². The van der Waals surface area contributed by atoms with Crippen LogP contribution in [-0.4, -0.2) is 41.4 Å². The van der Waals surface area contributed by atoms with Crippen molar-refractivity contribution < 1.29 is 9.59 Å². The van der Waals surface area contributed by atoms with Gasteiger partial charge in [0, 0.05) is 14.1 Å². The quantitative estimate of drug-likeness (QED) is 0.526. The lowest BCUT2D eigenvalue weighted by Crippen LogP contribution is -2.55. The Kier molecular flexibility index (Phi) is 1.26. The zero-order valence-corrected chi connectivity index (χ0v) is 7.33. The van der Waals surface area contributed by atoms with E-state index in [1.807, 2.05) is 0 Å². The van der Waals surface area contributed by atoms with Crippen molar-refractivity contribution in [1.82, 2.24) is 9.80 Å². The van der Waals surface area contributed by atoms with Crippen LogP contribution in [0.1, 0.15) is 19.3 Å². The van der Waals surface area contributed by atoms with Crippen LogP contribution in [0.25, 0.3) is 0 Å². The van der Waals surface area contributed by atoms with Crippen molar-refractivity contribution in [2.75, 3.05) is 14.1 Å². The highest BCUT2D eigenvalue weighted by Gasteiger charge is 2.54. The van der Waals surface area contributed by atoms with E-state index < -0.39 is 0 Å². The Balaban J connectivity index is 2.26. The molecule has 4 heteroatoms. The average Bonchev–Trinajstić information content (AvgIpc) is 2.79. The van der Waals surface area contributed by atoms with Crippen molar-refractivity contribution in [2.45, 2.75) is 24.8 Å². The van der Waals surface area contributed by atoms with Gasteiger partial charge in [0.2, 0.25) is 5.91 Å². The molecule has 0 aromatic carbocycles. The highest BCUT2D eigenvalue weighted by atomic mass is 16.2. The molecular weight excluding hydrogens is 156 g/mol. The number of amides is 3. The zero-order valence-electron chi connectivity index (χ0n) is 7.33. The maximum absolute atomic E-state index is 11.4. The Bertz CT molecular complexity index is 258. The summed E-state index contributed by atoms with van der Waals surface area (Å²) in [5.41, 5.74) is -0.0966. The summed E-state index contributed by atoms with van der Waals surface area (Å²) in [6, 6.07) is -0.163. The van der Waals surface area contributed by atoms with Crippen molar-refractivity contribution >= 4 is 11.9 Å². The van der Waals surface area contributed by atoms with E-state index in [0.29, 0.717) is 6.42 Å². The summed E-state index contributed by atoms with van der Waals surface area (Å²) >= 11 is 0. The number of nitrogens with zero attached hydrogens (tertiary/aromatic N) is 2. The second kappa shape index (κ2) is 2.00. The molecule has 1 spiro atoms. The SMILES string of the molecule is CN1C(=O)CC2(CC2)N(C)C1=O. The normalized spacial score (nSPS) is 26.8. The summed E-state index contributed by atoms with van der Waals surface area (Å²) in [5.74, 6) is -0.0457. The molecule has 0 aromatic heterocycles. The number of hydrogen-bond acceptors (Lipinski definition) is 2. The lowest BCUT2D eigenvalue weighted by molar-refractivity contribution is -0.131. The van der Waals surface area contributed by atoms with Gasteiger partial charge in [0.05, 0.1) is 12.0 Å². The van der Waals surface area contributed by atoms with Crippen molar-refractivity contribution in [3.63, 3.8) is 0 Å². The summed E-state index contributed by atoms with van der Waals surface area (Å²) in [6.45, 7) is 0. The van der Waals surface area contributed by atoms with Crippen LogP contribution in [0.5, 0.6) is 0 Å². The van der Waals surface area contributed by atoms with E-state index in [2.05, 4.69) is 0 Å². The van der Waals surface area contributed by atoms with Crippen LogP contribution < -0.4 is 0 Å². The summed E-state index contributed by atoms with van der Waals surface area (Å²) in [4.78, 5) is 25.6. The molecule has 2 fully saturated rings. The zero-order chi connectivity index (χ0) is 8.93. The van der Waals surface area contributed by atoms with E-state index in [-0.39, 0.29) is 17.5 Å². The maximum Gasteiger partial charge on any atom is 0.326 e. The third-order valence-corrected chi connectivity index (χ3v) is 2.97. The lowest BCUT2D eigenvalue weighted by atomic mass is 10.1. The molecule has 0 bridgehead atoms. The molecule has 1 saturated heterocycles. The molecule has 0 radical (unpaired) electrons. The fourth-order valence-electron chi connectivity index (χ4n) is 1.71. The van der Waals surface area contributed by atoms with Crippen molar-refractivity contribution in [3.05, 3.63) is 0 Å². The van der Waals surface area contributed by atoms with Crippen LogP contribution >= 0.6 is 0 Å². The molecular formula is C8H12N2O2. The smallest absolute Gasteiger partial charge is 0.321 e. The Morgan fingerprint density at radius 1 is 1.25 bits per heavy atom.